The molecule has 9 nitrogen and oxygen atoms in total. The SMILES string of the molecule is COc1ccc(Cn2nnnc2CN(Cc2ccco2)Cc2cc3cc(C)ccc3[nH]c2=O)cc1. The van der Waals surface area contributed by atoms with Gasteiger partial charge in [0, 0.05) is 17.6 Å². The van der Waals surface area contributed by atoms with Gasteiger partial charge < -0.3 is 14.1 Å². The Labute approximate surface area is 202 Å². The van der Waals surface area contributed by atoms with Crippen LogP contribution < -0.4 is 10.3 Å². The highest BCUT2D eigenvalue weighted by Gasteiger charge is 2.17. The lowest BCUT2D eigenvalue weighted by molar-refractivity contribution is 0.217. The minimum Gasteiger partial charge on any atom is -0.497 e. The molecule has 0 amide bonds. The van der Waals surface area contributed by atoms with Gasteiger partial charge in [0.1, 0.15) is 11.5 Å². The fraction of sp³-hybridized carbons (Fsp3) is 0.231. The summed E-state index contributed by atoms with van der Waals surface area (Å²) in [5.74, 6) is 2.29. The number of aromatic nitrogens is 5. The normalized spacial score (nSPS) is 11.4. The van der Waals surface area contributed by atoms with Gasteiger partial charge in [0.15, 0.2) is 5.82 Å². The zero-order chi connectivity index (χ0) is 24.2. The summed E-state index contributed by atoms with van der Waals surface area (Å²) < 4.78 is 12.6. The molecule has 0 saturated carbocycles. The number of tetrazole rings is 1. The lowest BCUT2D eigenvalue weighted by Gasteiger charge is -2.20. The lowest BCUT2D eigenvalue weighted by atomic mass is 10.1. The van der Waals surface area contributed by atoms with Gasteiger partial charge in [-0.1, -0.05) is 23.8 Å². The largest absolute Gasteiger partial charge is 0.497 e. The third kappa shape index (κ3) is 5.30. The minimum absolute atomic E-state index is 0.108. The summed E-state index contributed by atoms with van der Waals surface area (Å²) in [6.07, 6.45) is 1.65. The van der Waals surface area contributed by atoms with E-state index in [4.69, 9.17) is 9.15 Å². The number of furan rings is 1. The van der Waals surface area contributed by atoms with Gasteiger partial charge in [-0.3, -0.25) is 9.69 Å². The molecule has 0 spiro atoms. The van der Waals surface area contributed by atoms with E-state index in [9.17, 15) is 4.79 Å². The van der Waals surface area contributed by atoms with Gasteiger partial charge in [0.05, 0.1) is 33.0 Å². The molecular formula is C26H26N6O3. The summed E-state index contributed by atoms with van der Waals surface area (Å²) in [5, 5.41) is 13.3. The molecule has 35 heavy (non-hydrogen) atoms. The first-order valence-electron chi connectivity index (χ1n) is 11.3. The van der Waals surface area contributed by atoms with Crippen molar-refractivity contribution in [1.82, 2.24) is 30.1 Å². The predicted octanol–water partition coefficient (Wildman–Crippen LogP) is 3.68. The van der Waals surface area contributed by atoms with E-state index in [-0.39, 0.29) is 5.56 Å². The Morgan fingerprint density at radius 3 is 2.69 bits per heavy atom. The first-order chi connectivity index (χ1) is 17.1. The number of hydrogen-bond donors (Lipinski definition) is 1. The molecule has 5 aromatic rings. The van der Waals surface area contributed by atoms with E-state index in [1.165, 1.54) is 0 Å². The van der Waals surface area contributed by atoms with Crippen LogP contribution in [0.3, 0.4) is 0 Å². The molecule has 0 fully saturated rings. The molecule has 5 rings (SSSR count). The molecule has 3 aromatic heterocycles. The van der Waals surface area contributed by atoms with Crippen LogP contribution in [0.4, 0.5) is 0 Å². The quantitative estimate of drug-likeness (QED) is 0.351. The second-order valence-corrected chi connectivity index (χ2v) is 8.54. The summed E-state index contributed by atoms with van der Waals surface area (Å²) in [7, 11) is 1.64. The van der Waals surface area contributed by atoms with E-state index >= 15 is 0 Å². The number of aromatic amines is 1. The predicted molar refractivity (Wildman–Crippen MR) is 131 cm³/mol. The average Bonchev–Trinajstić information content (AvgIpc) is 3.52. The van der Waals surface area contributed by atoms with Crippen molar-refractivity contribution in [3.8, 4) is 5.75 Å². The number of nitrogens with zero attached hydrogens (tertiary/aromatic N) is 5. The summed E-state index contributed by atoms with van der Waals surface area (Å²) >= 11 is 0. The number of nitrogens with one attached hydrogen (secondary N) is 1. The standard InChI is InChI=1S/C26H26N6O3/c1-18-5-10-24-20(12-18)13-21(26(33)27-24)15-31(16-23-4-3-11-35-23)17-25-28-29-30-32(25)14-19-6-8-22(34-2)9-7-19/h3-13H,14-17H2,1-2H3,(H,27,33). The van der Waals surface area contributed by atoms with Crippen LogP contribution in [0.25, 0.3) is 10.9 Å². The Morgan fingerprint density at radius 2 is 1.91 bits per heavy atom. The van der Waals surface area contributed by atoms with Crippen molar-refractivity contribution in [2.24, 2.45) is 0 Å². The first kappa shape index (κ1) is 22.5. The van der Waals surface area contributed by atoms with Crippen molar-refractivity contribution in [2.45, 2.75) is 33.1 Å². The van der Waals surface area contributed by atoms with Crippen molar-refractivity contribution >= 4 is 10.9 Å². The Hall–Kier alpha value is -4.24. The van der Waals surface area contributed by atoms with E-state index in [0.717, 1.165) is 33.5 Å². The lowest BCUT2D eigenvalue weighted by Crippen LogP contribution is -2.28. The number of H-pyrrole nitrogens is 1. The Balaban J connectivity index is 1.41. The third-order valence-electron chi connectivity index (χ3n) is 5.89. The van der Waals surface area contributed by atoms with E-state index in [2.05, 4.69) is 31.5 Å². The number of hydrogen-bond acceptors (Lipinski definition) is 7. The third-order valence-corrected chi connectivity index (χ3v) is 5.89. The first-order valence-corrected chi connectivity index (χ1v) is 11.3. The fourth-order valence-electron chi connectivity index (χ4n) is 4.08. The number of fused-ring (bicyclic) bond motifs is 1. The Kier molecular flexibility index (Phi) is 6.40. The van der Waals surface area contributed by atoms with E-state index < -0.39 is 0 Å². The number of benzene rings is 2. The maximum absolute atomic E-state index is 12.9. The summed E-state index contributed by atoms with van der Waals surface area (Å²) in [6, 6.07) is 19.5. The number of ether oxygens (including phenoxy) is 1. The average molecular weight is 471 g/mol. The smallest absolute Gasteiger partial charge is 0.252 e. The molecule has 0 unspecified atom stereocenters. The molecule has 0 aliphatic heterocycles. The van der Waals surface area contributed by atoms with Crippen molar-refractivity contribution < 1.29 is 9.15 Å². The van der Waals surface area contributed by atoms with E-state index in [1.54, 1.807) is 18.1 Å². The molecule has 3 heterocycles. The number of aryl methyl sites for hydroxylation is 1. The van der Waals surface area contributed by atoms with Gasteiger partial charge in [0.2, 0.25) is 0 Å². The fourth-order valence-corrected chi connectivity index (χ4v) is 4.08. The monoisotopic (exact) mass is 470 g/mol. The maximum Gasteiger partial charge on any atom is 0.252 e. The molecule has 2 aromatic carbocycles. The van der Waals surface area contributed by atoms with Crippen molar-refractivity contribution in [2.75, 3.05) is 7.11 Å². The zero-order valence-corrected chi connectivity index (χ0v) is 19.6. The van der Waals surface area contributed by atoms with Crippen molar-refractivity contribution in [1.29, 1.82) is 0 Å². The molecule has 9 heteroatoms. The molecule has 178 valence electrons. The maximum atomic E-state index is 12.9. The zero-order valence-electron chi connectivity index (χ0n) is 19.6. The van der Waals surface area contributed by atoms with E-state index in [0.29, 0.717) is 37.6 Å². The Morgan fingerprint density at radius 1 is 1.06 bits per heavy atom. The molecular weight excluding hydrogens is 444 g/mol. The van der Waals surface area contributed by atoms with Gasteiger partial charge in [-0.25, -0.2) is 4.68 Å². The van der Waals surface area contributed by atoms with Crippen LogP contribution in [0.5, 0.6) is 5.75 Å². The molecule has 0 atom stereocenters. The molecule has 0 bridgehead atoms. The van der Waals surface area contributed by atoms with Crippen LogP contribution >= 0.6 is 0 Å². The second-order valence-electron chi connectivity index (χ2n) is 8.54. The topological polar surface area (TPSA) is 102 Å². The molecule has 0 aliphatic carbocycles. The van der Waals surface area contributed by atoms with Crippen LogP contribution in [-0.2, 0) is 26.2 Å². The van der Waals surface area contributed by atoms with Crippen LogP contribution in [0.2, 0.25) is 0 Å². The van der Waals surface area contributed by atoms with Crippen molar-refractivity contribution in [3.05, 3.63) is 106 Å². The summed E-state index contributed by atoms with van der Waals surface area (Å²) in [6.45, 7) is 3.92. The molecule has 0 aliphatic rings. The summed E-state index contributed by atoms with van der Waals surface area (Å²) in [5.41, 5.74) is 3.58. The molecule has 1 N–H and O–H groups in total. The van der Waals surface area contributed by atoms with Gasteiger partial charge in [0.25, 0.3) is 5.56 Å². The van der Waals surface area contributed by atoms with Crippen LogP contribution in [0.15, 0.2) is 76.1 Å². The molecule has 0 saturated heterocycles. The van der Waals surface area contributed by atoms with Crippen LogP contribution in [-0.4, -0.2) is 37.2 Å². The van der Waals surface area contributed by atoms with Gasteiger partial charge in [-0.15, -0.1) is 5.10 Å². The minimum atomic E-state index is -0.108. The van der Waals surface area contributed by atoms with Crippen molar-refractivity contribution in [3.63, 3.8) is 0 Å². The van der Waals surface area contributed by atoms with Crippen LogP contribution in [0, 0.1) is 6.92 Å². The highest BCUT2D eigenvalue weighted by Crippen LogP contribution is 2.17. The van der Waals surface area contributed by atoms with Gasteiger partial charge in [-0.2, -0.15) is 0 Å². The van der Waals surface area contributed by atoms with Gasteiger partial charge in [-0.05, 0) is 70.8 Å². The number of rotatable bonds is 9. The number of pyridine rings is 1. The van der Waals surface area contributed by atoms with E-state index in [1.807, 2.05) is 61.5 Å². The Bertz CT molecular complexity index is 1470. The molecule has 0 radical (unpaired) electrons. The van der Waals surface area contributed by atoms with Crippen LogP contribution in [0.1, 0.15) is 28.3 Å². The number of methoxy groups -OCH3 is 1. The second kappa shape index (κ2) is 9.94. The highest BCUT2D eigenvalue weighted by atomic mass is 16.5. The van der Waals surface area contributed by atoms with Gasteiger partial charge >= 0.3 is 0 Å². The summed E-state index contributed by atoms with van der Waals surface area (Å²) in [4.78, 5) is 18.0. The highest BCUT2D eigenvalue weighted by molar-refractivity contribution is 5.79.